The summed E-state index contributed by atoms with van der Waals surface area (Å²) >= 11 is 1.59. The van der Waals surface area contributed by atoms with Gasteiger partial charge in [0.2, 0.25) is 0 Å². The molecule has 102 valence electrons. The van der Waals surface area contributed by atoms with E-state index in [1.165, 1.54) is 0 Å². The second kappa shape index (κ2) is 5.67. The van der Waals surface area contributed by atoms with Gasteiger partial charge < -0.3 is 9.84 Å². The van der Waals surface area contributed by atoms with E-state index in [9.17, 15) is 9.90 Å². The standard InChI is InChI=1S/C14H17NO3S/c1-4-18-14(17)12(16)9-5-6-10-11(7-9)19-13(15-10)8(2)3/h5-8,12,16H,4H2,1-3H3. The highest BCUT2D eigenvalue weighted by Gasteiger charge is 2.19. The van der Waals surface area contributed by atoms with Crippen molar-refractivity contribution in [2.75, 3.05) is 6.61 Å². The normalized spacial score (nSPS) is 12.9. The maximum absolute atomic E-state index is 11.5. The Morgan fingerprint density at radius 2 is 2.21 bits per heavy atom. The number of thiazole rings is 1. The third-order valence-electron chi connectivity index (χ3n) is 2.75. The molecule has 1 aromatic carbocycles. The van der Waals surface area contributed by atoms with Gasteiger partial charge >= 0.3 is 5.97 Å². The van der Waals surface area contributed by atoms with Crippen molar-refractivity contribution in [2.45, 2.75) is 32.8 Å². The summed E-state index contributed by atoms with van der Waals surface area (Å²) in [5, 5.41) is 11.0. The maximum atomic E-state index is 11.5. The molecule has 0 amide bonds. The van der Waals surface area contributed by atoms with Crippen molar-refractivity contribution in [3.63, 3.8) is 0 Å². The number of hydrogen-bond donors (Lipinski definition) is 1. The number of carbonyl (C=O) groups excluding carboxylic acids is 1. The molecule has 1 heterocycles. The van der Waals surface area contributed by atoms with Crippen molar-refractivity contribution in [2.24, 2.45) is 0 Å². The first-order valence-electron chi connectivity index (χ1n) is 6.28. The van der Waals surface area contributed by atoms with Crippen LogP contribution in [0.3, 0.4) is 0 Å². The highest BCUT2D eigenvalue weighted by atomic mass is 32.1. The number of nitrogens with zero attached hydrogens (tertiary/aromatic N) is 1. The van der Waals surface area contributed by atoms with Crippen molar-refractivity contribution < 1.29 is 14.6 Å². The monoisotopic (exact) mass is 279 g/mol. The Morgan fingerprint density at radius 1 is 1.47 bits per heavy atom. The van der Waals surface area contributed by atoms with Gasteiger partial charge in [0, 0.05) is 5.92 Å². The van der Waals surface area contributed by atoms with E-state index in [2.05, 4.69) is 18.8 Å². The van der Waals surface area contributed by atoms with E-state index in [4.69, 9.17) is 4.74 Å². The topological polar surface area (TPSA) is 59.4 Å². The van der Waals surface area contributed by atoms with Crippen molar-refractivity contribution in [3.05, 3.63) is 28.8 Å². The lowest BCUT2D eigenvalue weighted by molar-refractivity contribution is -0.153. The van der Waals surface area contributed by atoms with Gasteiger partial charge in [0.05, 0.1) is 21.8 Å². The molecular weight excluding hydrogens is 262 g/mol. The number of carbonyl (C=O) groups is 1. The quantitative estimate of drug-likeness (QED) is 0.874. The number of aromatic nitrogens is 1. The highest BCUT2D eigenvalue weighted by Crippen LogP contribution is 2.29. The van der Waals surface area contributed by atoms with E-state index in [1.54, 1.807) is 30.4 Å². The lowest BCUT2D eigenvalue weighted by Crippen LogP contribution is -2.15. The van der Waals surface area contributed by atoms with Crippen molar-refractivity contribution in [1.82, 2.24) is 4.98 Å². The van der Waals surface area contributed by atoms with Crippen LogP contribution in [0.2, 0.25) is 0 Å². The SMILES string of the molecule is CCOC(=O)C(O)c1ccc2nc(C(C)C)sc2c1. The molecule has 2 aromatic rings. The molecule has 5 heteroatoms. The van der Waals surface area contributed by atoms with Crippen LogP contribution in [0.1, 0.15) is 43.4 Å². The van der Waals surface area contributed by atoms with Gasteiger partial charge in [-0.2, -0.15) is 0 Å². The first kappa shape index (κ1) is 14.0. The first-order valence-corrected chi connectivity index (χ1v) is 7.09. The van der Waals surface area contributed by atoms with Gasteiger partial charge in [0.15, 0.2) is 6.10 Å². The molecule has 1 atom stereocenters. The van der Waals surface area contributed by atoms with Crippen molar-refractivity contribution >= 4 is 27.5 Å². The summed E-state index contributed by atoms with van der Waals surface area (Å²) in [5.74, 6) is -0.244. The van der Waals surface area contributed by atoms with Gasteiger partial charge in [-0.25, -0.2) is 9.78 Å². The molecule has 2 rings (SSSR count). The molecule has 4 nitrogen and oxygen atoms in total. The van der Waals surface area contributed by atoms with Gasteiger partial charge in [-0.3, -0.25) is 0 Å². The van der Waals surface area contributed by atoms with Crippen LogP contribution in [-0.2, 0) is 9.53 Å². The van der Waals surface area contributed by atoms with Crippen LogP contribution in [0.4, 0.5) is 0 Å². The molecule has 19 heavy (non-hydrogen) atoms. The largest absolute Gasteiger partial charge is 0.464 e. The van der Waals surface area contributed by atoms with Gasteiger partial charge in [0.1, 0.15) is 0 Å². The predicted molar refractivity (Wildman–Crippen MR) is 75.3 cm³/mol. The Bertz CT molecular complexity index is 591. The average molecular weight is 279 g/mol. The summed E-state index contributed by atoms with van der Waals surface area (Å²) in [4.78, 5) is 16.0. The molecule has 1 unspecified atom stereocenters. The highest BCUT2D eigenvalue weighted by molar-refractivity contribution is 7.18. The number of hydrogen-bond acceptors (Lipinski definition) is 5. The van der Waals surface area contributed by atoms with Crippen molar-refractivity contribution in [3.8, 4) is 0 Å². The van der Waals surface area contributed by atoms with E-state index in [1.807, 2.05) is 6.07 Å². The third-order valence-corrected chi connectivity index (χ3v) is 4.07. The maximum Gasteiger partial charge on any atom is 0.339 e. The van der Waals surface area contributed by atoms with Gasteiger partial charge in [-0.05, 0) is 24.6 Å². The molecule has 0 aliphatic heterocycles. The summed E-state index contributed by atoms with van der Waals surface area (Å²) in [6, 6.07) is 5.35. The second-order valence-corrected chi connectivity index (χ2v) is 5.65. The fourth-order valence-corrected chi connectivity index (χ4v) is 2.75. The molecule has 1 N–H and O–H groups in total. The number of esters is 1. The van der Waals surface area contributed by atoms with E-state index in [0.717, 1.165) is 15.2 Å². The minimum atomic E-state index is -1.23. The first-order chi connectivity index (χ1) is 9.02. The van der Waals surface area contributed by atoms with Crippen LogP contribution in [0.25, 0.3) is 10.2 Å². The average Bonchev–Trinajstić information content (AvgIpc) is 2.81. The summed E-state index contributed by atoms with van der Waals surface area (Å²) in [7, 11) is 0. The van der Waals surface area contributed by atoms with E-state index in [-0.39, 0.29) is 6.61 Å². The van der Waals surface area contributed by atoms with Crippen molar-refractivity contribution in [1.29, 1.82) is 0 Å². The Kier molecular flexibility index (Phi) is 4.17. The fourth-order valence-electron chi connectivity index (χ4n) is 1.73. The Labute approximate surface area is 116 Å². The fraction of sp³-hybridized carbons (Fsp3) is 0.429. The zero-order chi connectivity index (χ0) is 14.0. The predicted octanol–water partition coefficient (Wildman–Crippen LogP) is 3.02. The molecule has 1 aromatic heterocycles. The number of ether oxygens (including phenoxy) is 1. The molecule has 0 bridgehead atoms. The van der Waals surface area contributed by atoms with Gasteiger partial charge in [0.25, 0.3) is 0 Å². The minimum absolute atomic E-state index is 0.260. The molecule has 0 aliphatic rings. The van der Waals surface area contributed by atoms with Crippen LogP contribution in [0, 0.1) is 0 Å². The second-order valence-electron chi connectivity index (χ2n) is 4.59. The Hall–Kier alpha value is -1.46. The summed E-state index contributed by atoms with van der Waals surface area (Å²) in [5.41, 5.74) is 1.44. The summed E-state index contributed by atoms with van der Waals surface area (Å²) in [6.07, 6.45) is -1.23. The number of rotatable bonds is 4. The summed E-state index contributed by atoms with van der Waals surface area (Å²) in [6.45, 7) is 6.15. The molecule has 0 aliphatic carbocycles. The Morgan fingerprint density at radius 3 is 2.84 bits per heavy atom. The van der Waals surface area contributed by atoms with Crippen LogP contribution < -0.4 is 0 Å². The molecule has 0 radical (unpaired) electrons. The smallest absolute Gasteiger partial charge is 0.339 e. The lowest BCUT2D eigenvalue weighted by Gasteiger charge is -2.09. The number of aliphatic hydroxyl groups is 1. The summed E-state index contributed by atoms with van der Waals surface area (Å²) < 4.78 is 5.79. The van der Waals surface area contributed by atoms with Crippen LogP contribution >= 0.6 is 11.3 Å². The lowest BCUT2D eigenvalue weighted by atomic mass is 10.1. The molecule has 0 spiro atoms. The van der Waals surface area contributed by atoms with Gasteiger partial charge in [-0.15, -0.1) is 11.3 Å². The van der Waals surface area contributed by atoms with Gasteiger partial charge in [-0.1, -0.05) is 19.9 Å². The van der Waals surface area contributed by atoms with E-state index >= 15 is 0 Å². The number of benzene rings is 1. The molecular formula is C14H17NO3S. The molecule has 0 fully saturated rings. The third kappa shape index (κ3) is 2.93. The van der Waals surface area contributed by atoms with Crippen LogP contribution in [0.5, 0.6) is 0 Å². The zero-order valence-corrected chi connectivity index (χ0v) is 12.0. The van der Waals surface area contributed by atoms with Crippen LogP contribution in [0.15, 0.2) is 18.2 Å². The Balaban J connectivity index is 2.33. The van der Waals surface area contributed by atoms with Crippen LogP contribution in [-0.4, -0.2) is 22.7 Å². The minimum Gasteiger partial charge on any atom is -0.464 e. The van der Waals surface area contributed by atoms with E-state index < -0.39 is 12.1 Å². The molecule has 0 saturated carbocycles. The van der Waals surface area contributed by atoms with E-state index in [0.29, 0.717) is 11.5 Å². The number of aliphatic hydroxyl groups excluding tert-OH is 1. The number of fused-ring (bicyclic) bond motifs is 1. The molecule has 0 saturated heterocycles. The zero-order valence-electron chi connectivity index (χ0n) is 11.2.